The topological polar surface area (TPSA) is 55.0 Å². The summed E-state index contributed by atoms with van der Waals surface area (Å²) in [6, 6.07) is 0. The van der Waals surface area contributed by atoms with Crippen molar-refractivity contribution in [1.29, 1.82) is 0 Å². The van der Waals surface area contributed by atoms with Gasteiger partial charge < -0.3 is 10.6 Å². The summed E-state index contributed by atoms with van der Waals surface area (Å²) in [6.45, 7) is 6.07. The predicted octanol–water partition coefficient (Wildman–Crippen LogP) is 0.966. The lowest BCUT2D eigenvalue weighted by molar-refractivity contribution is 0.860. The highest BCUT2D eigenvalue weighted by Crippen LogP contribution is 2.16. The fraction of sp³-hybridized carbons (Fsp3) is 0.667. The third-order valence-electron chi connectivity index (χ3n) is 1.46. The summed E-state index contributed by atoms with van der Waals surface area (Å²) in [5.41, 5.74) is 5.39. The van der Waals surface area contributed by atoms with Crippen LogP contribution in [0.4, 0.5) is 11.1 Å². The van der Waals surface area contributed by atoms with Crippen molar-refractivity contribution in [1.82, 2.24) is 9.36 Å². The normalized spacial score (nSPS) is 10.0. The van der Waals surface area contributed by atoms with Gasteiger partial charge in [-0.05, 0) is 13.8 Å². The summed E-state index contributed by atoms with van der Waals surface area (Å²) in [5, 5.41) is 0.910. The molecule has 1 aromatic heterocycles. The lowest BCUT2D eigenvalue weighted by atomic mass is 10.6. The van der Waals surface area contributed by atoms with E-state index in [1.54, 1.807) is 0 Å². The summed E-state index contributed by atoms with van der Waals surface area (Å²) in [7, 11) is 0. The van der Waals surface area contributed by atoms with Gasteiger partial charge in [-0.25, -0.2) is 0 Å². The number of anilines is 2. The van der Waals surface area contributed by atoms with Crippen molar-refractivity contribution in [3.05, 3.63) is 0 Å². The van der Waals surface area contributed by atoms with E-state index in [1.807, 2.05) is 0 Å². The lowest BCUT2D eigenvalue weighted by Gasteiger charge is -2.15. The molecule has 0 unspecified atom stereocenters. The fourth-order valence-electron chi connectivity index (χ4n) is 0.849. The molecule has 0 fully saturated rings. The highest BCUT2D eigenvalue weighted by atomic mass is 32.1. The van der Waals surface area contributed by atoms with Gasteiger partial charge in [0.05, 0.1) is 0 Å². The zero-order chi connectivity index (χ0) is 8.27. The first kappa shape index (κ1) is 8.26. The van der Waals surface area contributed by atoms with Crippen LogP contribution in [0.3, 0.4) is 0 Å². The SMILES string of the molecule is CCN(CC)c1nc(N)ns1. The summed E-state index contributed by atoms with van der Waals surface area (Å²) in [5.74, 6) is 0.372. The molecular weight excluding hydrogens is 160 g/mol. The Bertz CT molecular complexity index is 218. The largest absolute Gasteiger partial charge is 0.367 e. The van der Waals surface area contributed by atoms with E-state index in [2.05, 4.69) is 28.1 Å². The molecule has 0 radical (unpaired) electrons. The van der Waals surface area contributed by atoms with Crippen molar-refractivity contribution < 1.29 is 0 Å². The molecule has 1 rings (SSSR count). The number of hydrogen-bond acceptors (Lipinski definition) is 5. The van der Waals surface area contributed by atoms with Crippen LogP contribution in [0.5, 0.6) is 0 Å². The van der Waals surface area contributed by atoms with E-state index in [-0.39, 0.29) is 0 Å². The van der Waals surface area contributed by atoms with Gasteiger partial charge in [-0.1, -0.05) is 0 Å². The molecule has 0 bridgehead atoms. The van der Waals surface area contributed by atoms with E-state index in [0.29, 0.717) is 5.95 Å². The van der Waals surface area contributed by atoms with Crippen LogP contribution in [0.25, 0.3) is 0 Å². The minimum Gasteiger partial charge on any atom is -0.367 e. The van der Waals surface area contributed by atoms with Crippen LogP contribution in [0.15, 0.2) is 0 Å². The second-order valence-corrected chi connectivity index (χ2v) is 2.84. The van der Waals surface area contributed by atoms with Crippen molar-refractivity contribution in [2.45, 2.75) is 13.8 Å². The molecule has 62 valence electrons. The van der Waals surface area contributed by atoms with Crippen molar-refractivity contribution in [2.75, 3.05) is 23.7 Å². The summed E-state index contributed by atoms with van der Waals surface area (Å²) < 4.78 is 3.90. The Morgan fingerprint density at radius 3 is 2.45 bits per heavy atom. The molecular formula is C6H12N4S. The first-order chi connectivity index (χ1) is 5.27. The highest BCUT2D eigenvalue weighted by Gasteiger charge is 2.06. The number of nitrogen functional groups attached to an aromatic ring is 1. The lowest BCUT2D eigenvalue weighted by Crippen LogP contribution is -2.21. The highest BCUT2D eigenvalue weighted by molar-refractivity contribution is 7.09. The van der Waals surface area contributed by atoms with Crippen LogP contribution >= 0.6 is 11.5 Å². The Labute approximate surface area is 70.2 Å². The van der Waals surface area contributed by atoms with Crippen molar-refractivity contribution in [3.8, 4) is 0 Å². The zero-order valence-electron chi connectivity index (χ0n) is 6.74. The van der Waals surface area contributed by atoms with Crippen LogP contribution in [0.1, 0.15) is 13.8 Å². The molecule has 0 aliphatic carbocycles. The number of hydrogen-bond donors (Lipinski definition) is 1. The van der Waals surface area contributed by atoms with E-state index in [1.165, 1.54) is 11.5 Å². The van der Waals surface area contributed by atoms with Gasteiger partial charge in [0.25, 0.3) is 0 Å². The van der Waals surface area contributed by atoms with Crippen LogP contribution in [0.2, 0.25) is 0 Å². The van der Waals surface area contributed by atoms with E-state index in [4.69, 9.17) is 5.73 Å². The first-order valence-electron chi connectivity index (χ1n) is 3.62. The average Bonchev–Trinajstić information content (AvgIpc) is 2.39. The summed E-state index contributed by atoms with van der Waals surface area (Å²) in [4.78, 5) is 6.18. The van der Waals surface area contributed by atoms with Gasteiger partial charge in [0.2, 0.25) is 11.1 Å². The van der Waals surface area contributed by atoms with Gasteiger partial charge in [-0.2, -0.15) is 9.36 Å². The monoisotopic (exact) mass is 172 g/mol. The maximum atomic E-state index is 5.39. The third kappa shape index (κ3) is 1.80. The Morgan fingerprint density at radius 2 is 2.09 bits per heavy atom. The fourth-order valence-corrected chi connectivity index (χ4v) is 1.57. The van der Waals surface area contributed by atoms with Crippen LogP contribution in [-0.4, -0.2) is 22.4 Å². The maximum absolute atomic E-state index is 5.39. The van der Waals surface area contributed by atoms with Gasteiger partial charge in [0.15, 0.2) is 0 Å². The van der Waals surface area contributed by atoms with Crippen molar-refractivity contribution in [3.63, 3.8) is 0 Å². The van der Waals surface area contributed by atoms with E-state index < -0.39 is 0 Å². The molecule has 0 saturated heterocycles. The Kier molecular flexibility index (Phi) is 2.64. The van der Waals surface area contributed by atoms with E-state index >= 15 is 0 Å². The zero-order valence-corrected chi connectivity index (χ0v) is 7.56. The van der Waals surface area contributed by atoms with Crippen molar-refractivity contribution >= 4 is 22.6 Å². The van der Waals surface area contributed by atoms with Crippen molar-refractivity contribution in [2.24, 2.45) is 0 Å². The predicted molar refractivity (Wildman–Crippen MR) is 47.9 cm³/mol. The molecule has 5 heteroatoms. The van der Waals surface area contributed by atoms with E-state index in [0.717, 1.165) is 18.2 Å². The molecule has 0 saturated carbocycles. The number of nitrogens with zero attached hydrogens (tertiary/aromatic N) is 3. The molecule has 0 spiro atoms. The van der Waals surface area contributed by atoms with Crippen LogP contribution in [0, 0.1) is 0 Å². The number of rotatable bonds is 3. The Hall–Kier alpha value is -0.840. The second-order valence-electron chi connectivity index (χ2n) is 2.11. The van der Waals surface area contributed by atoms with Crippen LogP contribution in [-0.2, 0) is 0 Å². The summed E-state index contributed by atoms with van der Waals surface area (Å²) >= 11 is 1.35. The minimum absolute atomic E-state index is 0.372. The second kappa shape index (κ2) is 3.52. The van der Waals surface area contributed by atoms with Gasteiger partial charge in [0, 0.05) is 24.6 Å². The Morgan fingerprint density at radius 1 is 1.45 bits per heavy atom. The Balaban J connectivity index is 2.73. The van der Waals surface area contributed by atoms with Gasteiger partial charge in [-0.3, -0.25) is 0 Å². The van der Waals surface area contributed by atoms with Crippen LogP contribution < -0.4 is 10.6 Å². The molecule has 0 aliphatic rings. The molecule has 11 heavy (non-hydrogen) atoms. The minimum atomic E-state index is 0.372. The average molecular weight is 172 g/mol. The summed E-state index contributed by atoms with van der Waals surface area (Å²) in [6.07, 6.45) is 0. The third-order valence-corrected chi connectivity index (χ3v) is 2.26. The standard InChI is InChI=1S/C6H12N4S/c1-3-10(4-2)6-8-5(7)9-11-6/h3-4H2,1-2H3,(H2,7,9). The smallest absolute Gasteiger partial charge is 0.233 e. The quantitative estimate of drug-likeness (QED) is 0.738. The number of aromatic nitrogens is 2. The molecule has 1 heterocycles. The molecule has 4 nitrogen and oxygen atoms in total. The molecule has 0 atom stereocenters. The van der Waals surface area contributed by atoms with Gasteiger partial charge in [0.1, 0.15) is 0 Å². The molecule has 0 aromatic carbocycles. The molecule has 1 aromatic rings. The number of nitrogens with two attached hydrogens (primary N) is 1. The molecule has 2 N–H and O–H groups in total. The molecule has 0 aliphatic heterocycles. The van der Waals surface area contributed by atoms with Gasteiger partial charge in [-0.15, -0.1) is 0 Å². The first-order valence-corrected chi connectivity index (χ1v) is 4.39. The maximum Gasteiger partial charge on any atom is 0.233 e. The molecule has 0 amide bonds. The van der Waals surface area contributed by atoms with E-state index in [9.17, 15) is 0 Å². The van der Waals surface area contributed by atoms with Gasteiger partial charge >= 0.3 is 0 Å².